The first-order valence-electron chi connectivity index (χ1n) is 8.66. The predicted molar refractivity (Wildman–Crippen MR) is 94.9 cm³/mol. The SMILES string of the molecule is CCC(C)(C)OC[C@H](O)CN1CCc2cc(OC)c(OC)cc2C1. The number of nitrogens with zero attached hydrogens (tertiary/aromatic N) is 1. The van der Waals surface area contributed by atoms with Crippen LogP contribution in [0.1, 0.15) is 38.3 Å². The van der Waals surface area contributed by atoms with Crippen LogP contribution >= 0.6 is 0 Å². The lowest BCUT2D eigenvalue weighted by molar-refractivity contribution is -0.0679. The van der Waals surface area contributed by atoms with E-state index in [-0.39, 0.29) is 5.60 Å². The van der Waals surface area contributed by atoms with Crippen LogP contribution in [0.2, 0.25) is 0 Å². The number of rotatable bonds is 8. The summed E-state index contributed by atoms with van der Waals surface area (Å²) in [6.45, 7) is 8.92. The topological polar surface area (TPSA) is 51.2 Å². The molecule has 2 rings (SSSR count). The van der Waals surface area contributed by atoms with Crippen LogP contribution in [0.15, 0.2) is 12.1 Å². The largest absolute Gasteiger partial charge is 0.493 e. The molecule has 24 heavy (non-hydrogen) atoms. The fourth-order valence-electron chi connectivity index (χ4n) is 2.87. The molecule has 0 aliphatic carbocycles. The summed E-state index contributed by atoms with van der Waals surface area (Å²) in [7, 11) is 3.31. The summed E-state index contributed by atoms with van der Waals surface area (Å²) >= 11 is 0. The Hall–Kier alpha value is -1.30. The average molecular weight is 337 g/mol. The van der Waals surface area contributed by atoms with Gasteiger partial charge < -0.3 is 19.3 Å². The lowest BCUT2D eigenvalue weighted by Crippen LogP contribution is -2.39. The summed E-state index contributed by atoms with van der Waals surface area (Å²) in [5.74, 6) is 1.53. The molecule has 1 atom stereocenters. The molecule has 0 bridgehead atoms. The molecule has 0 saturated carbocycles. The predicted octanol–water partition coefficient (Wildman–Crippen LogP) is 2.63. The van der Waals surface area contributed by atoms with Gasteiger partial charge in [-0.2, -0.15) is 0 Å². The molecule has 1 aromatic carbocycles. The molecule has 0 aromatic heterocycles. The van der Waals surface area contributed by atoms with E-state index in [4.69, 9.17) is 14.2 Å². The Kier molecular flexibility index (Phi) is 6.49. The van der Waals surface area contributed by atoms with Crippen LogP contribution in [0, 0.1) is 0 Å². The Morgan fingerprint density at radius 1 is 1.17 bits per heavy atom. The van der Waals surface area contributed by atoms with Crippen molar-refractivity contribution < 1.29 is 19.3 Å². The molecule has 1 aromatic rings. The highest BCUT2D eigenvalue weighted by molar-refractivity contribution is 5.48. The highest BCUT2D eigenvalue weighted by Crippen LogP contribution is 2.33. The maximum atomic E-state index is 10.3. The second-order valence-electron chi connectivity index (χ2n) is 7.04. The van der Waals surface area contributed by atoms with Crippen LogP contribution in [-0.2, 0) is 17.7 Å². The standard InChI is InChI=1S/C19H31NO4/c1-6-19(2,3)24-13-16(21)12-20-8-7-14-9-17(22-4)18(23-5)10-15(14)11-20/h9-10,16,21H,6-8,11-13H2,1-5H3/t16-/m1/s1. The van der Waals surface area contributed by atoms with Crippen molar-refractivity contribution in [1.82, 2.24) is 4.90 Å². The first kappa shape index (κ1) is 19.0. The zero-order valence-corrected chi connectivity index (χ0v) is 15.6. The minimum atomic E-state index is -0.475. The molecular formula is C19H31NO4. The molecule has 0 spiro atoms. The van der Waals surface area contributed by atoms with Gasteiger partial charge in [-0.1, -0.05) is 6.92 Å². The molecule has 0 fully saturated rings. The molecule has 5 heteroatoms. The molecule has 0 amide bonds. The molecule has 136 valence electrons. The normalized spacial score (nSPS) is 16.6. The van der Waals surface area contributed by atoms with E-state index in [9.17, 15) is 5.11 Å². The molecule has 1 aliphatic rings. The van der Waals surface area contributed by atoms with E-state index in [0.29, 0.717) is 13.2 Å². The smallest absolute Gasteiger partial charge is 0.161 e. The summed E-state index contributed by atoms with van der Waals surface area (Å²) in [6.07, 6.45) is 1.40. The molecular weight excluding hydrogens is 306 g/mol. The molecule has 1 N–H and O–H groups in total. The monoisotopic (exact) mass is 337 g/mol. The van der Waals surface area contributed by atoms with Crippen LogP contribution in [0.4, 0.5) is 0 Å². The zero-order chi connectivity index (χ0) is 17.7. The molecule has 1 heterocycles. The highest BCUT2D eigenvalue weighted by Gasteiger charge is 2.23. The Morgan fingerprint density at radius 2 is 1.79 bits per heavy atom. The summed E-state index contributed by atoms with van der Waals surface area (Å²) in [4.78, 5) is 2.27. The minimum absolute atomic E-state index is 0.181. The van der Waals surface area contributed by atoms with Gasteiger partial charge in [0.1, 0.15) is 0 Å². The van der Waals surface area contributed by atoms with Gasteiger partial charge in [0.05, 0.1) is 32.5 Å². The summed E-state index contributed by atoms with van der Waals surface area (Å²) in [5, 5.41) is 10.3. The van der Waals surface area contributed by atoms with E-state index >= 15 is 0 Å². The van der Waals surface area contributed by atoms with Gasteiger partial charge in [0, 0.05) is 19.6 Å². The second-order valence-corrected chi connectivity index (χ2v) is 7.04. The van der Waals surface area contributed by atoms with Crippen molar-refractivity contribution in [3.63, 3.8) is 0 Å². The molecule has 0 radical (unpaired) electrons. The van der Waals surface area contributed by atoms with E-state index in [0.717, 1.165) is 37.4 Å². The zero-order valence-electron chi connectivity index (χ0n) is 15.6. The van der Waals surface area contributed by atoms with Gasteiger partial charge in [0.2, 0.25) is 0 Å². The van der Waals surface area contributed by atoms with Gasteiger partial charge in [0.15, 0.2) is 11.5 Å². The quantitative estimate of drug-likeness (QED) is 0.790. The van der Waals surface area contributed by atoms with E-state index in [1.807, 2.05) is 6.07 Å². The molecule has 1 aliphatic heterocycles. The molecule has 0 unspecified atom stereocenters. The molecule has 5 nitrogen and oxygen atoms in total. The Labute approximate surface area is 145 Å². The lowest BCUT2D eigenvalue weighted by atomic mass is 9.98. The Morgan fingerprint density at radius 3 is 2.38 bits per heavy atom. The van der Waals surface area contributed by atoms with Crippen molar-refractivity contribution in [2.75, 3.05) is 33.9 Å². The fraction of sp³-hybridized carbons (Fsp3) is 0.684. The van der Waals surface area contributed by atoms with Crippen LogP contribution < -0.4 is 9.47 Å². The third kappa shape index (κ3) is 4.85. The van der Waals surface area contributed by atoms with Crippen molar-refractivity contribution in [2.24, 2.45) is 0 Å². The van der Waals surface area contributed by atoms with E-state index < -0.39 is 6.10 Å². The summed E-state index contributed by atoms with van der Waals surface area (Å²) < 4.78 is 16.6. The summed E-state index contributed by atoms with van der Waals surface area (Å²) in [5.41, 5.74) is 2.35. The number of β-amino-alcohol motifs (C(OH)–C–C–N with tert-alkyl or cyclic N) is 1. The van der Waals surface area contributed by atoms with E-state index in [2.05, 4.69) is 31.7 Å². The molecule has 0 saturated heterocycles. The van der Waals surface area contributed by atoms with Crippen LogP contribution in [0.25, 0.3) is 0 Å². The van der Waals surface area contributed by atoms with Gasteiger partial charge in [-0.25, -0.2) is 0 Å². The van der Waals surface area contributed by atoms with Crippen LogP contribution in [0.3, 0.4) is 0 Å². The number of aliphatic hydroxyl groups is 1. The number of hydrogen-bond acceptors (Lipinski definition) is 5. The van der Waals surface area contributed by atoms with Crippen LogP contribution in [-0.4, -0.2) is 55.6 Å². The first-order valence-corrected chi connectivity index (χ1v) is 8.66. The van der Waals surface area contributed by atoms with Gasteiger partial charge in [-0.15, -0.1) is 0 Å². The van der Waals surface area contributed by atoms with Gasteiger partial charge in [-0.3, -0.25) is 4.90 Å². The number of fused-ring (bicyclic) bond motifs is 1. The highest BCUT2D eigenvalue weighted by atomic mass is 16.5. The van der Waals surface area contributed by atoms with Gasteiger partial charge in [-0.05, 0) is 49.9 Å². The fourth-order valence-corrected chi connectivity index (χ4v) is 2.87. The number of methoxy groups -OCH3 is 2. The lowest BCUT2D eigenvalue weighted by Gasteiger charge is -2.32. The second kappa shape index (κ2) is 8.19. The van der Waals surface area contributed by atoms with Gasteiger partial charge in [0.25, 0.3) is 0 Å². The number of aliphatic hydroxyl groups excluding tert-OH is 1. The minimum Gasteiger partial charge on any atom is -0.493 e. The van der Waals surface area contributed by atoms with Crippen LogP contribution in [0.5, 0.6) is 11.5 Å². The third-order valence-electron chi connectivity index (χ3n) is 4.78. The maximum Gasteiger partial charge on any atom is 0.161 e. The number of ether oxygens (including phenoxy) is 3. The third-order valence-corrected chi connectivity index (χ3v) is 4.78. The maximum absolute atomic E-state index is 10.3. The van der Waals surface area contributed by atoms with Crippen molar-refractivity contribution >= 4 is 0 Å². The Bertz CT molecular complexity index is 544. The number of hydrogen-bond donors (Lipinski definition) is 1. The van der Waals surface area contributed by atoms with E-state index in [1.54, 1.807) is 14.2 Å². The average Bonchev–Trinajstić information content (AvgIpc) is 2.58. The Balaban J connectivity index is 1.95. The summed E-state index contributed by atoms with van der Waals surface area (Å²) in [6, 6.07) is 4.11. The van der Waals surface area contributed by atoms with Crippen molar-refractivity contribution in [1.29, 1.82) is 0 Å². The van der Waals surface area contributed by atoms with Crippen molar-refractivity contribution in [3.05, 3.63) is 23.3 Å². The number of benzene rings is 1. The van der Waals surface area contributed by atoms with E-state index in [1.165, 1.54) is 11.1 Å². The van der Waals surface area contributed by atoms with Crippen molar-refractivity contribution in [2.45, 2.75) is 51.9 Å². The first-order chi connectivity index (χ1) is 11.4. The van der Waals surface area contributed by atoms with Gasteiger partial charge >= 0.3 is 0 Å². The van der Waals surface area contributed by atoms with Crippen molar-refractivity contribution in [3.8, 4) is 11.5 Å².